The number of aryl methyl sites for hydroxylation is 1. The number of hydrogen-bond acceptors (Lipinski definition) is 5. The van der Waals surface area contributed by atoms with Gasteiger partial charge in [0.1, 0.15) is 0 Å². The summed E-state index contributed by atoms with van der Waals surface area (Å²) in [6.07, 6.45) is 9.33. The van der Waals surface area contributed by atoms with Crippen LogP contribution in [0, 0.1) is 48.9 Å². The van der Waals surface area contributed by atoms with Gasteiger partial charge in [-0.1, -0.05) is 183 Å². The number of rotatable bonds is 5. The molecule has 0 spiro atoms. The summed E-state index contributed by atoms with van der Waals surface area (Å²) in [7, 11) is 0. The first-order valence-corrected chi connectivity index (χ1v) is 31.1. The van der Waals surface area contributed by atoms with Crippen LogP contribution in [0.3, 0.4) is 0 Å². The van der Waals surface area contributed by atoms with Crippen molar-refractivity contribution in [1.82, 2.24) is 24.9 Å². The fourth-order valence-corrected chi connectivity index (χ4v) is 11.7. The van der Waals surface area contributed by atoms with Crippen LogP contribution < -0.4 is 0 Å². The molecule has 99 heavy (non-hydrogen) atoms. The van der Waals surface area contributed by atoms with E-state index in [1.807, 2.05) is 128 Å². The Morgan fingerprint density at radius 2 is 0.636 bits per heavy atom. The molecule has 4 radical (unpaired) electrons. The van der Waals surface area contributed by atoms with Crippen LogP contribution in [0.4, 0.5) is 8.78 Å². The zero-order valence-electron chi connectivity index (χ0n) is 52.9. The van der Waals surface area contributed by atoms with E-state index in [0.717, 1.165) is 77.8 Å². The third-order valence-electron chi connectivity index (χ3n) is 16.5. The van der Waals surface area contributed by atoms with Crippen molar-refractivity contribution in [2.75, 3.05) is 0 Å². The van der Waals surface area contributed by atoms with Crippen LogP contribution >= 0.6 is 0 Å². The SMILES string of the molecule is Cc1c[c-]c(-c2cc3c(ccc4ccccc43)cn2)cc1.Fc1c[c-]c(-c2cc3c(ccc4ccccc43)cn2)cc1.Fc1c[c-]c(-c2nccc3c2ccc2ccccc23)cc1.[Ir].[Ir].[Ir].[Ir].[c-]1ccccc1-c1cc2c(ccc3ccccc32)cn1.[c-]1ccccc1-c1ccccn1. The first-order chi connectivity index (χ1) is 46.8. The Labute approximate surface area is 627 Å². The van der Waals surface area contributed by atoms with Gasteiger partial charge in [-0.25, -0.2) is 0 Å². The molecule has 5 aromatic heterocycles. The standard InChI is InChI=1S/C20H14N.2C19H11FN.C19H12N.C11H8N.4Ir/c1-14-6-8-16(9-7-14)20-12-19-17(13-21-20)11-10-15-4-2-3-5-18(15)19;20-15-8-5-14(6-9-15)19-18-10-7-13-3-1-2-4-16(13)17(18)11-12-21-19;20-16-9-7-14(8-10-16)19-11-18-15(12-21-19)6-5-13-3-1-2-4-17(13)18;1-2-7-15(8-3-1)19-12-18-16(13-20-19)11-10-14-6-4-5-9-17(14)18;1-2-6-10(7-3-1)11-8-4-5-9-12-11;;;;/h2-8,10-13H,1H3;1-5,7-12H;1-7,9-12H;1-7,9-13H;1-6,8-9H;;;;/q5*-1;;;;. The van der Waals surface area contributed by atoms with E-state index in [4.69, 9.17) is 0 Å². The summed E-state index contributed by atoms with van der Waals surface area (Å²) in [4.78, 5) is 22.3. The van der Waals surface area contributed by atoms with Crippen molar-refractivity contribution in [3.8, 4) is 56.3 Å². The number of pyridine rings is 5. The summed E-state index contributed by atoms with van der Waals surface area (Å²) in [5.41, 5.74) is 10.5. The summed E-state index contributed by atoms with van der Waals surface area (Å²) < 4.78 is 26.1. The Morgan fingerprint density at radius 3 is 1.05 bits per heavy atom. The van der Waals surface area contributed by atoms with Crippen molar-refractivity contribution in [2.24, 2.45) is 0 Å². The van der Waals surface area contributed by atoms with E-state index in [2.05, 4.69) is 208 Å². The predicted molar refractivity (Wildman–Crippen MR) is 387 cm³/mol. The Bertz CT molecular complexity index is 5450. The summed E-state index contributed by atoms with van der Waals surface area (Å²) in [5.74, 6) is -0.575. The maximum atomic E-state index is 13.1. The summed E-state index contributed by atoms with van der Waals surface area (Å²) in [5, 5.41) is 19.1. The molecule has 0 atom stereocenters. The molecule has 5 nitrogen and oxygen atoms in total. The summed E-state index contributed by atoms with van der Waals surface area (Å²) >= 11 is 0. The molecule has 0 saturated heterocycles. The Hall–Kier alpha value is -9.85. The minimum Gasteiger partial charge on any atom is -0.305 e. The van der Waals surface area contributed by atoms with E-state index in [-0.39, 0.29) is 92.1 Å². The third kappa shape index (κ3) is 16.8. The fraction of sp³-hybridized carbons (Fsp3) is 0.0114. The molecule has 13 aromatic carbocycles. The van der Waals surface area contributed by atoms with Crippen molar-refractivity contribution >= 4 is 86.2 Å². The number of nitrogens with zero attached hydrogens (tertiary/aromatic N) is 5. The maximum absolute atomic E-state index is 13.1. The van der Waals surface area contributed by atoms with Gasteiger partial charge in [0, 0.05) is 123 Å². The second-order valence-corrected chi connectivity index (χ2v) is 22.7. The predicted octanol–water partition coefficient (Wildman–Crippen LogP) is 22.5. The van der Waals surface area contributed by atoms with Crippen LogP contribution in [-0.4, -0.2) is 24.9 Å². The van der Waals surface area contributed by atoms with E-state index >= 15 is 0 Å². The average Bonchev–Trinajstić information content (AvgIpc) is 0.802. The molecule has 0 aliphatic rings. The molecule has 0 fully saturated rings. The van der Waals surface area contributed by atoms with Gasteiger partial charge in [-0.2, -0.15) is 0 Å². The topological polar surface area (TPSA) is 64.5 Å². The zero-order chi connectivity index (χ0) is 64.3. The van der Waals surface area contributed by atoms with Gasteiger partial charge in [0.15, 0.2) is 0 Å². The monoisotopic (exact) mass is 1990 g/mol. The van der Waals surface area contributed by atoms with Gasteiger partial charge < -0.3 is 24.9 Å². The van der Waals surface area contributed by atoms with Gasteiger partial charge in [0.25, 0.3) is 0 Å². The van der Waals surface area contributed by atoms with Gasteiger partial charge in [-0.15, -0.1) is 167 Å². The minimum absolute atomic E-state index is 0. The number of benzene rings is 13. The summed E-state index contributed by atoms with van der Waals surface area (Å²) in [6.45, 7) is 2.07. The first-order valence-electron chi connectivity index (χ1n) is 31.1. The van der Waals surface area contributed by atoms with Gasteiger partial charge in [-0.05, 0) is 127 Å². The normalized spacial score (nSPS) is 10.5. The van der Waals surface area contributed by atoms with E-state index in [0.29, 0.717) is 0 Å². The van der Waals surface area contributed by atoms with Crippen molar-refractivity contribution in [3.63, 3.8) is 0 Å². The van der Waals surface area contributed by atoms with Crippen molar-refractivity contribution in [1.29, 1.82) is 0 Å². The molecule has 0 aliphatic heterocycles. The van der Waals surface area contributed by atoms with Crippen LogP contribution in [0.5, 0.6) is 0 Å². The third-order valence-corrected chi connectivity index (χ3v) is 16.5. The smallest absolute Gasteiger partial charge is 0.0379 e. The molecule has 0 N–H and O–H groups in total. The van der Waals surface area contributed by atoms with E-state index in [1.165, 1.54) is 94.5 Å². The molecule has 0 amide bonds. The zero-order valence-corrected chi connectivity index (χ0v) is 62.5. The molecular weight excluding hydrogens is 1930 g/mol. The number of aromatic nitrogens is 5. The van der Waals surface area contributed by atoms with E-state index < -0.39 is 0 Å². The molecule has 0 unspecified atom stereocenters. The molecule has 0 aliphatic carbocycles. The number of hydrogen-bond donors (Lipinski definition) is 0. The van der Waals surface area contributed by atoms with E-state index in [1.54, 1.807) is 24.5 Å². The van der Waals surface area contributed by atoms with Gasteiger partial charge >= 0.3 is 0 Å². The van der Waals surface area contributed by atoms with Crippen LogP contribution in [-0.2, 0) is 80.4 Å². The number of fused-ring (bicyclic) bond motifs is 12. The van der Waals surface area contributed by atoms with Crippen LogP contribution in [0.2, 0.25) is 0 Å². The van der Waals surface area contributed by atoms with Gasteiger partial charge in [0.05, 0.1) is 0 Å². The molecule has 0 bridgehead atoms. The van der Waals surface area contributed by atoms with Gasteiger partial charge in [-0.3, -0.25) is 8.78 Å². The fourth-order valence-electron chi connectivity index (χ4n) is 11.7. The second kappa shape index (κ2) is 34.1. The molecule has 5 heterocycles. The molecule has 488 valence electrons. The summed E-state index contributed by atoms with van der Waals surface area (Å²) in [6, 6.07) is 111. The molecule has 18 rings (SSSR count). The Morgan fingerprint density at radius 1 is 0.253 bits per heavy atom. The van der Waals surface area contributed by atoms with Crippen molar-refractivity contribution in [2.45, 2.75) is 6.92 Å². The van der Waals surface area contributed by atoms with E-state index in [9.17, 15) is 8.78 Å². The van der Waals surface area contributed by atoms with Crippen molar-refractivity contribution < 1.29 is 89.2 Å². The molecule has 0 saturated carbocycles. The molecular formula is C88H56F2Ir4N5-5. The average molecular weight is 1990 g/mol. The number of halogens is 2. The molecule has 11 heteroatoms. The quantitative estimate of drug-likeness (QED) is 0.127. The largest absolute Gasteiger partial charge is 0.305 e. The molecule has 18 aromatic rings. The van der Waals surface area contributed by atoms with Crippen LogP contribution in [0.15, 0.2) is 322 Å². The van der Waals surface area contributed by atoms with Crippen LogP contribution in [0.25, 0.3) is 142 Å². The second-order valence-electron chi connectivity index (χ2n) is 22.7. The first kappa shape index (κ1) is 71.9. The minimum atomic E-state index is -0.288. The van der Waals surface area contributed by atoms with Gasteiger partial charge in [0.2, 0.25) is 0 Å². The van der Waals surface area contributed by atoms with Crippen LogP contribution in [0.1, 0.15) is 5.56 Å². The Balaban J connectivity index is 0.000000134. The maximum Gasteiger partial charge on any atom is 0.0379 e. The Kier molecular flexibility index (Phi) is 24.8. The van der Waals surface area contributed by atoms with Crippen molar-refractivity contribution in [3.05, 3.63) is 370 Å².